The molecule has 1 aromatic heterocycles. The number of nitrogens with zero attached hydrogens (tertiary/aromatic N) is 3. The summed E-state index contributed by atoms with van der Waals surface area (Å²) in [5.74, 6) is 0.408. The number of allylic oxidation sites excluding steroid dienone is 1. The van der Waals surface area contributed by atoms with Crippen molar-refractivity contribution in [3.8, 4) is 0 Å². The molecule has 7 nitrogen and oxygen atoms in total. The Hall–Kier alpha value is -2.80. The number of ether oxygens (including phenoxy) is 3. The number of hydrogen-bond donors (Lipinski definition) is 0. The van der Waals surface area contributed by atoms with Crippen molar-refractivity contribution in [2.45, 2.75) is 46.6 Å². The van der Waals surface area contributed by atoms with Gasteiger partial charge >= 0.3 is 6.16 Å². The molecule has 1 aromatic carbocycles. The van der Waals surface area contributed by atoms with Crippen LogP contribution < -0.4 is 0 Å². The predicted octanol–water partition coefficient (Wildman–Crippen LogP) is 5.49. The molecule has 0 atom stereocenters. The van der Waals surface area contributed by atoms with Crippen LogP contribution in [0, 0.1) is 6.92 Å². The number of benzene rings is 1. The number of carbonyl (C=O) groups excluding carboxylic acids is 1. The lowest BCUT2D eigenvalue weighted by Crippen LogP contribution is -2.12. The SMILES string of the molecule is CCn1nc(C)c(Cl)c1/C(OCOC(=O)OC)=C(\C=NC)c1ccc(C(C)(C)C)cc1. The maximum absolute atomic E-state index is 11.4. The van der Waals surface area contributed by atoms with Crippen molar-refractivity contribution in [2.24, 2.45) is 4.99 Å². The minimum Gasteiger partial charge on any atom is -0.454 e. The van der Waals surface area contributed by atoms with Crippen LogP contribution in [0.4, 0.5) is 4.79 Å². The molecule has 0 bridgehead atoms. The van der Waals surface area contributed by atoms with Gasteiger partial charge < -0.3 is 14.2 Å². The normalized spacial score (nSPS) is 12.6. The van der Waals surface area contributed by atoms with E-state index < -0.39 is 6.16 Å². The highest BCUT2D eigenvalue weighted by Crippen LogP contribution is 2.34. The molecule has 0 aliphatic rings. The van der Waals surface area contributed by atoms with Gasteiger partial charge in [-0.25, -0.2) is 4.79 Å². The summed E-state index contributed by atoms with van der Waals surface area (Å²) in [6, 6.07) is 8.17. The number of aliphatic imine (C=N–C) groups is 1. The molecule has 8 heteroatoms. The van der Waals surface area contributed by atoms with Crippen molar-refractivity contribution < 1.29 is 19.0 Å². The van der Waals surface area contributed by atoms with E-state index in [1.165, 1.54) is 12.7 Å². The third-order valence-corrected chi connectivity index (χ3v) is 5.13. The lowest BCUT2D eigenvalue weighted by molar-refractivity contribution is 0.00351. The fourth-order valence-corrected chi connectivity index (χ4v) is 3.24. The standard InChI is InChI=1S/C23H30ClN3O4/c1-8-27-20(19(24)15(2)26-27)21(30-14-31-22(28)29-7)18(13-25-6)16-9-11-17(12-10-16)23(3,4)5/h9-13H,8,14H2,1-7H3/b21-18-,25-13?. The van der Waals surface area contributed by atoms with E-state index in [2.05, 4.69) is 47.7 Å². The van der Waals surface area contributed by atoms with Crippen LogP contribution in [-0.2, 0) is 26.2 Å². The number of halogens is 1. The van der Waals surface area contributed by atoms with Crippen LogP contribution >= 0.6 is 11.6 Å². The summed E-state index contributed by atoms with van der Waals surface area (Å²) in [6.07, 6.45) is 0.851. The Morgan fingerprint density at radius 1 is 1.23 bits per heavy atom. The first-order valence-electron chi connectivity index (χ1n) is 9.98. The molecule has 31 heavy (non-hydrogen) atoms. The average Bonchev–Trinajstić information content (AvgIpc) is 3.03. The molecule has 0 N–H and O–H groups in total. The largest absolute Gasteiger partial charge is 0.510 e. The average molecular weight is 448 g/mol. The molecular formula is C23H30ClN3O4. The number of carbonyl (C=O) groups is 1. The Balaban J connectivity index is 2.67. The van der Waals surface area contributed by atoms with Gasteiger partial charge in [0.2, 0.25) is 6.79 Å². The number of hydrogen-bond acceptors (Lipinski definition) is 6. The van der Waals surface area contributed by atoms with Gasteiger partial charge in [-0.1, -0.05) is 56.6 Å². The van der Waals surface area contributed by atoms with Crippen LogP contribution in [0.25, 0.3) is 11.3 Å². The number of rotatable bonds is 7. The van der Waals surface area contributed by atoms with E-state index in [-0.39, 0.29) is 12.2 Å². The van der Waals surface area contributed by atoms with Gasteiger partial charge in [0.05, 0.1) is 17.8 Å². The molecule has 0 spiro atoms. The predicted molar refractivity (Wildman–Crippen MR) is 123 cm³/mol. The van der Waals surface area contributed by atoms with Crippen LogP contribution in [0.2, 0.25) is 5.02 Å². The Morgan fingerprint density at radius 3 is 2.39 bits per heavy atom. The minimum absolute atomic E-state index is 0.0240. The zero-order chi connectivity index (χ0) is 23.2. The molecule has 0 amide bonds. The summed E-state index contributed by atoms with van der Waals surface area (Å²) < 4.78 is 17.1. The highest BCUT2D eigenvalue weighted by atomic mass is 35.5. The van der Waals surface area contributed by atoms with E-state index in [0.717, 1.165) is 5.56 Å². The fraction of sp³-hybridized carbons (Fsp3) is 0.435. The smallest absolute Gasteiger partial charge is 0.454 e. The molecule has 0 saturated heterocycles. The van der Waals surface area contributed by atoms with Crippen molar-refractivity contribution in [1.82, 2.24) is 9.78 Å². The van der Waals surface area contributed by atoms with E-state index >= 15 is 0 Å². The number of aromatic nitrogens is 2. The first kappa shape index (κ1) is 24.5. The monoisotopic (exact) mass is 447 g/mol. The van der Waals surface area contributed by atoms with E-state index in [0.29, 0.717) is 34.3 Å². The van der Waals surface area contributed by atoms with Gasteiger partial charge in [0, 0.05) is 25.4 Å². The summed E-state index contributed by atoms with van der Waals surface area (Å²) in [4.78, 5) is 15.6. The van der Waals surface area contributed by atoms with Gasteiger partial charge in [-0.15, -0.1) is 0 Å². The third kappa shape index (κ3) is 5.88. The van der Waals surface area contributed by atoms with E-state index in [9.17, 15) is 4.79 Å². The maximum Gasteiger partial charge on any atom is 0.510 e. The Bertz CT molecular complexity index is 970. The van der Waals surface area contributed by atoms with Gasteiger partial charge in [0.25, 0.3) is 0 Å². The van der Waals surface area contributed by atoms with Crippen molar-refractivity contribution in [2.75, 3.05) is 21.0 Å². The van der Waals surface area contributed by atoms with E-state index in [4.69, 9.17) is 21.1 Å². The summed E-state index contributed by atoms with van der Waals surface area (Å²) in [6.45, 7) is 10.5. The van der Waals surface area contributed by atoms with Crippen molar-refractivity contribution in [1.29, 1.82) is 0 Å². The quantitative estimate of drug-likeness (QED) is 0.243. The van der Waals surface area contributed by atoms with Crippen LogP contribution in [0.1, 0.15) is 50.2 Å². The topological polar surface area (TPSA) is 74.9 Å². The highest BCUT2D eigenvalue weighted by molar-refractivity contribution is 6.33. The minimum atomic E-state index is -0.842. The second-order valence-corrected chi connectivity index (χ2v) is 8.26. The zero-order valence-corrected chi connectivity index (χ0v) is 19.9. The lowest BCUT2D eigenvalue weighted by atomic mass is 9.86. The second-order valence-electron chi connectivity index (χ2n) is 7.88. The van der Waals surface area contributed by atoms with Gasteiger partial charge in [-0.3, -0.25) is 9.67 Å². The molecule has 0 radical (unpaired) electrons. The number of aryl methyl sites for hydroxylation is 2. The van der Waals surface area contributed by atoms with Gasteiger partial charge in [-0.2, -0.15) is 5.10 Å². The summed E-state index contributed by atoms with van der Waals surface area (Å²) in [5, 5.41) is 4.95. The van der Waals surface area contributed by atoms with Gasteiger partial charge in [0.15, 0.2) is 5.76 Å². The molecule has 2 aromatic rings. The van der Waals surface area contributed by atoms with Crippen LogP contribution in [0.3, 0.4) is 0 Å². The molecular weight excluding hydrogens is 418 g/mol. The number of methoxy groups -OCH3 is 1. The molecule has 0 unspecified atom stereocenters. The van der Waals surface area contributed by atoms with Gasteiger partial charge in [0.1, 0.15) is 5.69 Å². The Labute approximate surface area is 188 Å². The Kier molecular flexibility index (Phi) is 8.28. The molecule has 0 fully saturated rings. The highest BCUT2D eigenvalue weighted by Gasteiger charge is 2.23. The van der Waals surface area contributed by atoms with Crippen molar-refractivity contribution in [3.63, 3.8) is 0 Å². The molecule has 168 valence electrons. The van der Waals surface area contributed by atoms with Crippen LogP contribution in [0.5, 0.6) is 0 Å². The summed E-state index contributed by atoms with van der Waals surface area (Å²) in [5.41, 5.74) is 4.05. The summed E-state index contributed by atoms with van der Waals surface area (Å²) >= 11 is 6.60. The van der Waals surface area contributed by atoms with Crippen molar-refractivity contribution >= 4 is 35.3 Å². The van der Waals surface area contributed by atoms with E-state index in [1.54, 1.807) is 17.9 Å². The van der Waals surface area contributed by atoms with Crippen molar-refractivity contribution in [3.05, 3.63) is 51.8 Å². The fourth-order valence-electron chi connectivity index (χ4n) is 3.02. The zero-order valence-electron chi connectivity index (χ0n) is 19.2. The first-order chi connectivity index (χ1) is 14.6. The summed E-state index contributed by atoms with van der Waals surface area (Å²) in [7, 11) is 2.91. The van der Waals surface area contributed by atoms with Crippen LogP contribution in [0.15, 0.2) is 29.3 Å². The lowest BCUT2D eigenvalue weighted by Gasteiger charge is -2.20. The Morgan fingerprint density at radius 2 is 1.87 bits per heavy atom. The van der Waals surface area contributed by atoms with Gasteiger partial charge in [-0.05, 0) is 30.4 Å². The third-order valence-electron chi connectivity index (χ3n) is 4.68. The first-order valence-corrected chi connectivity index (χ1v) is 10.4. The maximum atomic E-state index is 11.4. The molecule has 1 heterocycles. The molecule has 0 aliphatic heterocycles. The van der Waals surface area contributed by atoms with E-state index in [1.807, 2.05) is 26.0 Å². The van der Waals surface area contributed by atoms with Crippen LogP contribution in [-0.4, -0.2) is 43.1 Å². The molecule has 2 rings (SSSR count). The molecule has 0 aliphatic carbocycles. The second kappa shape index (κ2) is 10.5. The molecule has 0 saturated carbocycles.